The summed E-state index contributed by atoms with van der Waals surface area (Å²) in [6, 6.07) is 4.31. The van der Waals surface area contributed by atoms with Crippen molar-refractivity contribution in [3.63, 3.8) is 0 Å². The van der Waals surface area contributed by atoms with Crippen LogP contribution in [0.1, 0.15) is 36.8 Å². The van der Waals surface area contributed by atoms with E-state index in [0.717, 1.165) is 56.4 Å². The summed E-state index contributed by atoms with van der Waals surface area (Å²) in [5, 5.41) is 3.54. The maximum absolute atomic E-state index is 6.41. The number of nitrogens with one attached hydrogen (secondary N) is 1. The summed E-state index contributed by atoms with van der Waals surface area (Å²) < 4.78 is 17.5. The summed E-state index contributed by atoms with van der Waals surface area (Å²) in [5.41, 5.74) is 2.54. The molecule has 1 unspecified atom stereocenters. The molecule has 0 aliphatic carbocycles. The highest BCUT2D eigenvalue weighted by atomic mass is 35.5. The Morgan fingerprint density at radius 3 is 2.50 bits per heavy atom. The fourth-order valence-corrected chi connectivity index (χ4v) is 4.94. The second kappa shape index (κ2) is 10.4. The summed E-state index contributed by atoms with van der Waals surface area (Å²) >= 11 is 0. The summed E-state index contributed by atoms with van der Waals surface area (Å²) in [6.07, 6.45) is 5.77. The molecule has 0 radical (unpaired) electrons. The van der Waals surface area contributed by atoms with E-state index in [0.29, 0.717) is 0 Å². The fourth-order valence-electron chi connectivity index (χ4n) is 4.94. The van der Waals surface area contributed by atoms with Gasteiger partial charge in [0.05, 0.1) is 26.4 Å². The number of nitrogens with zero attached hydrogens (tertiary/aromatic N) is 1. The normalized spacial score (nSPS) is 23.9. The van der Waals surface area contributed by atoms with Crippen molar-refractivity contribution in [3.8, 4) is 11.5 Å². The maximum Gasteiger partial charge on any atom is 0.161 e. The van der Waals surface area contributed by atoms with Gasteiger partial charge in [0.15, 0.2) is 11.5 Å². The predicted octanol–water partition coefficient (Wildman–Crippen LogP) is 3.41. The van der Waals surface area contributed by atoms with Gasteiger partial charge in [0.25, 0.3) is 0 Å². The van der Waals surface area contributed by atoms with Crippen molar-refractivity contribution < 1.29 is 14.2 Å². The lowest BCUT2D eigenvalue weighted by Gasteiger charge is -2.46. The Labute approximate surface area is 181 Å². The van der Waals surface area contributed by atoms with E-state index in [1.807, 2.05) is 0 Å². The number of hydrogen-bond donors (Lipinski definition) is 1. The molecule has 0 saturated carbocycles. The van der Waals surface area contributed by atoms with Crippen LogP contribution in [0, 0.1) is 5.92 Å². The van der Waals surface area contributed by atoms with Crippen molar-refractivity contribution >= 4 is 24.8 Å². The van der Waals surface area contributed by atoms with E-state index in [4.69, 9.17) is 14.2 Å². The Hall–Kier alpha value is -0.720. The van der Waals surface area contributed by atoms with E-state index in [9.17, 15) is 0 Å². The lowest BCUT2D eigenvalue weighted by Crippen LogP contribution is -2.48. The number of piperidine rings is 2. The van der Waals surface area contributed by atoms with Gasteiger partial charge in [-0.2, -0.15) is 0 Å². The van der Waals surface area contributed by atoms with Gasteiger partial charge in [0.1, 0.15) is 0 Å². The van der Waals surface area contributed by atoms with Crippen LogP contribution in [0.4, 0.5) is 0 Å². The van der Waals surface area contributed by atoms with Crippen LogP contribution in [0.5, 0.6) is 11.5 Å². The Morgan fingerprint density at radius 2 is 1.86 bits per heavy atom. The molecule has 2 saturated heterocycles. The first kappa shape index (κ1) is 23.6. The first-order valence-corrected chi connectivity index (χ1v) is 10.1. The standard InChI is InChI=1S/C21H32N2O3.2ClH/c1-24-19-12-17-5-11-26-21(18(17)13-20(19)25-2)6-9-23(10-7-21)15-16-4-3-8-22-14-16;;/h12-13,16,22H,3-11,14-15H2,1-2H3;2*1H. The highest BCUT2D eigenvalue weighted by molar-refractivity contribution is 5.85. The third-order valence-corrected chi connectivity index (χ3v) is 6.43. The van der Waals surface area contributed by atoms with Gasteiger partial charge >= 0.3 is 0 Å². The number of halogens is 2. The molecule has 0 bridgehead atoms. The van der Waals surface area contributed by atoms with E-state index in [-0.39, 0.29) is 30.4 Å². The van der Waals surface area contributed by atoms with Crippen LogP contribution >= 0.6 is 24.8 Å². The summed E-state index contributed by atoms with van der Waals surface area (Å²) in [6.45, 7) is 6.62. The summed E-state index contributed by atoms with van der Waals surface area (Å²) in [7, 11) is 3.42. The minimum Gasteiger partial charge on any atom is -0.493 e. The Balaban J connectivity index is 0.00000140. The van der Waals surface area contributed by atoms with E-state index in [1.54, 1.807) is 14.2 Å². The molecule has 5 nitrogen and oxygen atoms in total. The Morgan fingerprint density at radius 1 is 1.14 bits per heavy atom. The molecular formula is C21H34Cl2N2O3. The predicted molar refractivity (Wildman–Crippen MR) is 117 cm³/mol. The van der Waals surface area contributed by atoms with Gasteiger partial charge in [-0.05, 0) is 74.4 Å². The molecule has 7 heteroatoms. The van der Waals surface area contributed by atoms with E-state index >= 15 is 0 Å². The highest BCUT2D eigenvalue weighted by Gasteiger charge is 2.41. The molecule has 2 fully saturated rings. The number of rotatable bonds is 4. The van der Waals surface area contributed by atoms with Gasteiger partial charge in [-0.1, -0.05) is 0 Å². The zero-order chi connectivity index (χ0) is 18.0. The molecule has 3 aliphatic rings. The molecule has 3 aliphatic heterocycles. The number of ether oxygens (including phenoxy) is 3. The van der Waals surface area contributed by atoms with Gasteiger partial charge in [-0.3, -0.25) is 0 Å². The van der Waals surface area contributed by atoms with Gasteiger partial charge in [-0.15, -0.1) is 24.8 Å². The molecule has 28 heavy (non-hydrogen) atoms. The average molecular weight is 433 g/mol. The highest BCUT2D eigenvalue weighted by Crippen LogP contribution is 2.45. The zero-order valence-electron chi connectivity index (χ0n) is 17.0. The summed E-state index contributed by atoms with van der Waals surface area (Å²) in [4.78, 5) is 2.64. The van der Waals surface area contributed by atoms with E-state index < -0.39 is 0 Å². The molecule has 1 aromatic carbocycles. The largest absolute Gasteiger partial charge is 0.493 e. The van der Waals surface area contributed by atoms with Crippen molar-refractivity contribution in [2.24, 2.45) is 5.92 Å². The number of benzene rings is 1. The minimum atomic E-state index is -0.144. The monoisotopic (exact) mass is 432 g/mol. The molecule has 1 atom stereocenters. The zero-order valence-corrected chi connectivity index (χ0v) is 18.6. The molecule has 1 N–H and O–H groups in total. The molecule has 0 amide bonds. The number of methoxy groups -OCH3 is 2. The van der Waals surface area contributed by atoms with Crippen LogP contribution in [0.3, 0.4) is 0 Å². The molecule has 0 aromatic heterocycles. The summed E-state index contributed by atoms with van der Waals surface area (Å²) in [5.74, 6) is 2.44. The lowest BCUT2D eigenvalue weighted by atomic mass is 9.79. The quantitative estimate of drug-likeness (QED) is 0.789. The maximum atomic E-state index is 6.41. The van der Waals surface area contributed by atoms with Crippen molar-refractivity contribution in [2.75, 3.05) is 53.6 Å². The fraction of sp³-hybridized carbons (Fsp3) is 0.714. The van der Waals surface area contributed by atoms with E-state index in [2.05, 4.69) is 22.3 Å². The van der Waals surface area contributed by atoms with Crippen LogP contribution in [-0.4, -0.2) is 58.5 Å². The van der Waals surface area contributed by atoms with Gasteiger partial charge < -0.3 is 24.4 Å². The number of likely N-dealkylation sites (tertiary alicyclic amines) is 1. The lowest BCUT2D eigenvalue weighted by molar-refractivity contribution is -0.0994. The van der Waals surface area contributed by atoms with Crippen molar-refractivity contribution in [3.05, 3.63) is 23.3 Å². The SMILES string of the molecule is COc1cc2c(cc1OC)C1(CCN(CC3CCCNC3)CC1)OCC2.Cl.Cl. The van der Waals surface area contributed by atoms with Crippen LogP contribution in [0.2, 0.25) is 0 Å². The van der Waals surface area contributed by atoms with Gasteiger partial charge in [0, 0.05) is 19.6 Å². The van der Waals surface area contributed by atoms with Crippen LogP contribution in [0.25, 0.3) is 0 Å². The molecular weight excluding hydrogens is 399 g/mol. The molecule has 3 heterocycles. The first-order valence-electron chi connectivity index (χ1n) is 10.1. The van der Waals surface area contributed by atoms with Crippen molar-refractivity contribution in [1.29, 1.82) is 0 Å². The molecule has 1 aromatic rings. The van der Waals surface area contributed by atoms with Gasteiger partial charge in [-0.25, -0.2) is 0 Å². The number of hydrogen-bond acceptors (Lipinski definition) is 5. The third kappa shape index (κ3) is 4.71. The van der Waals surface area contributed by atoms with Crippen molar-refractivity contribution in [2.45, 2.75) is 37.7 Å². The Bertz CT molecular complexity index is 630. The average Bonchev–Trinajstić information content (AvgIpc) is 2.70. The third-order valence-electron chi connectivity index (χ3n) is 6.43. The second-order valence-corrected chi connectivity index (χ2v) is 7.97. The van der Waals surface area contributed by atoms with Crippen LogP contribution in [0.15, 0.2) is 12.1 Å². The van der Waals surface area contributed by atoms with Crippen molar-refractivity contribution in [1.82, 2.24) is 10.2 Å². The van der Waals surface area contributed by atoms with Crippen LogP contribution < -0.4 is 14.8 Å². The second-order valence-electron chi connectivity index (χ2n) is 7.97. The first-order chi connectivity index (χ1) is 12.7. The van der Waals surface area contributed by atoms with Gasteiger partial charge in [0.2, 0.25) is 0 Å². The smallest absolute Gasteiger partial charge is 0.161 e. The Kier molecular flexibility index (Phi) is 8.71. The molecule has 1 spiro atoms. The molecule has 160 valence electrons. The van der Waals surface area contributed by atoms with Crippen LogP contribution in [-0.2, 0) is 16.8 Å². The topological polar surface area (TPSA) is 43.0 Å². The minimum absolute atomic E-state index is 0. The van der Waals surface area contributed by atoms with E-state index in [1.165, 1.54) is 43.6 Å². The number of fused-ring (bicyclic) bond motifs is 2. The molecule has 4 rings (SSSR count).